The van der Waals surface area contributed by atoms with Gasteiger partial charge in [-0.1, -0.05) is 72.8 Å². The third kappa shape index (κ3) is 2.98. The zero-order chi connectivity index (χ0) is 24.3. The van der Waals surface area contributed by atoms with E-state index in [1.54, 1.807) is 0 Å². The van der Waals surface area contributed by atoms with Gasteiger partial charge in [0.05, 0.1) is 16.7 Å². The lowest BCUT2D eigenvalue weighted by molar-refractivity contribution is 0.651. The molecule has 0 unspecified atom stereocenters. The van der Waals surface area contributed by atoms with Crippen molar-refractivity contribution in [1.82, 2.24) is 18.9 Å². The summed E-state index contributed by atoms with van der Waals surface area (Å²) in [5, 5.41) is 1.02. The Hall–Kier alpha value is -5.16. The van der Waals surface area contributed by atoms with Crippen LogP contribution >= 0.6 is 0 Å². The number of fused-ring (bicyclic) bond motifs is 7. The summed E-state index contributed by atoms with van der Waals surface area (Å²) in [7, 11) is 0. The molecule has 37 heavy (non-hydrogen) atoms. The van der Waals surface area contributed by atoms with Crippen molar-refractivity contribution < 1.29 is 4.42 Å². The van der Waals surface area contributed by atoms with Crippen LogP contribution in [0.1, 0.15) is 0 Å². The van der Waals surface area contributed by atoms with Gasteiger partial charge in [0.2, 0.25) is 11.5 Å². The maximum atomic E-state index is 6.31. The van der Waals surface area contributed by atoms with Crippen molar-refractivity contribution in [3.63, 3.8) is 0 Å². The molecule has 5 heteroatoms. The van der Waals surface area contributed by atoms with E-state index in [2.05, 4.69) is 69.6 Å². The molecule has 5 nitrogen and oxygen atoms in total. The largest absolute Gasteiger partial charge is 0.437 e. The quantitative estimate of drug-likeness (QED) is 0.260. The lowest BCUT2D eigenvalue weighted by Gasteiger charge is -2.07. The zero-order valence-electron chi connectivity index (χ0n) is 19.7. The molecule has 0 saturated heterocycles. The molecule has 0 radical (unpaired) electrons. The van der Waals surface area contributed by atoms with E-state index in [0.717, 1.165) is 67.1 Å². The van der Waals surface area contributed by atoms with Crippen LogP contribution < -0.4 is 0 Å². The highest BCUT2D eigenvalue weighted by molar-refractivity contribution is 6.05. The second-order valence-electron chi connectivity index (χ2n) is 9.17. The molecule has 8 aromatic rings. The van der Waals surface area contributed by atoms with Crippen molar-refractivity contribution in [3.8, 4) is 28.1 Å². The van der Waals surface area contributed by atoms with E-state index in [1.807, 2.05) is 60.8 Å². The average Bonchev–Trinajstić information content (AvgIpc) is 3.60. The first-order valence-corrected chi connectivity index (χ1v) is 12.3. The van der Waals surface area contributed by atoms with Crippen LogP contribution in [0.2, 0.25) is 0 Å². The molecule has 0 aliphatic heterocycles. The summed E-state index contributed by atoms with van der Waals surface area (Å²) >= 11 is 0. The Bertz CT molecular complexity index is 2060. The molecule has 0 fully saturated rings. The molecule has 0 atom stereocenters. The maximum absolute atomic E-state index is 6.31. The van der Waals surface area contributed by atoms with E-state index >= 15 is 0 Å². The predicted octanol–water partition coefficient (Wildman–Crippen LogP) is 7.91. The summed E-state index contributed by atoms with van der Waals surface area (Å²) < 4.78 is 10.6. The van der Waals surface area contributed by atoms with Crippen LogP contribution in [0.25, 0.3) is 67.1 Å². The fourth-order valence-electron chi connectivity index (χ4n) is 5.24. The lowest BCUT2D eigenvalue weighted by atomic mass is 10.1. The number of nitrogens with zero attached hydrogens (tertiary/aromatic N) is 4. The molecule has 0 spiro atoms. The first-order valence-electron chi connectivity index (χ1n) is 12.3. The highest BCUT2D eigenvalue weighted by atomic mass is 16.3. The molecule has 4 heterocycles. The van der Waals surface area contributed by atoms with Gasteiger partial charge in [0.1, 0.15) is 11.1 Å². The Kier molecular flexibility index (Phi) is 4.16. The molecular weight excluding hydrogens is 456 g/mol. The average molecular weight is 477 g/mol. The number of rotatable bonds is 3. The topological polar surface area (TPSA) is 48.3 Å². The van der Waals surface area contributed by atoms with E-state index in [-0.39, 0.29) is 0 Å². The SMILES string of the molecule is c1ccc(-c2ccc(-c3ccc4c(c3)n(-c3ccccc3)c3nc5c6ccccc6oc5n43)nc2)cc1. The van der Waals surface area contributed by atoms with Crippen LogP contribution in [0, 0.1) is 0 Å². The lowest BCUT2D eigenvalue weighted by Crippen LogP contribution is -1.95. The van der Waals surface area contributed by atoms with Gasteiger partial charge in [-0.2, -0.15) is 0 Å². The van der Waals surface area contributed by atoms with Crippen molar-refractivity contribution >= 4 is 39.0 Å². The van der Waals surface area contributed by atoms with Crippen molar-refractivity contribution in [1.29, 1.82) is 0 Å². The van der Waals surface area contributed by atoms with E-state index in [0.29, 0.717) is 0 Å². The first kappa shape index (κ1) is 20.1. The molecule has 8 rings (SSSR count). The monoisotopic (exact) mass is 476 g/mol. The van der Waals surface area contributed by atoms with Gasteiger partial charge in [-0.25, -0.2) is 9.38 Å². The summed E-state index contributed by atoms with van der Waals surface area (Å²) in [5.74, 6) is 0.824. The number of imidazole rings is 2. The molecular formula is C32H20N4O. The Morgan fingerprint density at radius 2 is 1.38 bits per heavy atom. The van der Waals surface area contributed by atoms with Gasteiger partial charge >= 0.3 is 0 Å². The molecule has 0 amide bonds. The molecule has 0 aliphatic carbocycles. The Balaban J connectivity index is 1.37. The fourth-order valence-corrected chi connectivity index (χ4v) is 5.24. The minimum absolute atomic E-state index is 0.758. The van der Waals surface area contributed by atoms with Crippen LogP contribution in [0.15, 0.2) is 126 Å². The number of para-hydroxylation sites is 2. The number of hydrogen-bond acceptors (Lipinski definition) is 3. The van der Waals surface area contributed by atoms with Gasteiger partial charge in [-0.15, -0.1) is 0 Å². The summed E-state index contributed by atoms with van der Waals surface area (Å²) in [6.07, 6.45) is 1.94. The summed E-state index contributed by atoms with van der Waals surface area (Å²) in [4.78, 5) is 9.89. The third-order valence-corrected chi connectivity index (χ3v) is 7.00. The van der Waals surface area contributed by atoms with Crippen molar-refractivity contribution in [2.75, 3.05) is 0 Å². The van der Waals surface area contributed by atoms with E-state index in [9.17, 15) is 0 Å². The number of furan rings is 1. The normalized spacial score (nSPS) is 11.8. The van der Waals surface area contributed by atoms with Crippen molar-refractivity contribution in [2.45, 2.75) is 0 Å². The predicted molar refractivity (Wildman–Crippen MR) is 148 cm³/mol. The first-order chi connectivity index (χ1) is 18.3. The van der Waals surface area contributed by atoms with Gasteiger partial charge in [-0.05, 0) is 48.0 Å². The van der Waals surface area contributed by atoms with E-state index < -0.39 is 0 Å². The Morgan fingerprint density at radius 3 is 2.19 bits per heavy atom. The van der Waals surface area contributed by atoms with Crippen LogP contribution in [0.5, 0.6) is 0 Å². The molecule has 0 N–H and O–H groups in total. The second-order valence-corrected chi connectivity index (χ2v) is 9.17. The number of pyridine rings is 1. The summed E-state index contributed by atoms with van der Waals surface area (Å²) in [6.45, 7) is 0. The molecule has 4 aromatic carbocycles. The van der Waals surface area contributed by atoms with Crippen LogP contribution in [-0.4, -0.2) is 18.9 Å². The number of aromatic nitrogens is 4. The van der Waals surface area contributed by atoms with E-state index in [4.69, 9.17) is 14.4 Å². The minimum atomic E-state index is 0.758. The van der Waals surface area contributed by atoms with Gasteiger partial charge in [0, 0.05) is 28.4 Å². The van der Waals surface area contributed by atoms with Gasteiger partial charge in [-0.3, -0.25) is 9.55 Å². The number of benzene rings is 4. The third-order valence-electron chi connectivity index (χ3n) is 7.00. The maximum Gasteiger partial charge on any atom is 0.234 e. The molecule has 174 valence electrons. The standard InChI is InChI=1S/C32H20N4O/c1-3-9-21(10-4-1)23-15-17-26(33-20-23)22-16-18-27-28(19-22)35(24-11-5-2-6-12-24)32-34-30-25-13-7-8-14-29(25)37-31(30)36(27)32/h1-20H. The molecule has 4 aromatic heterocycles. The van der Waals surface area contributed by atoms with Gasteiger partial charge in [0.15, 0.2) is 0 Å². The Labute approximate surface area is 211 Å². The zero-order valence-corrected chi connectivity index (χ0v) is 19.7. The van der Waals surface area contributed by atoms with Crippen LogP contribution in [-0.2, 0) is 0 Å². The molecule has 0 bridgehead atoms. The molecule has 0 aliphatic rings. The van der Waals surface area contributed by atoms with Crippen molar-refractivity contribution in [2.24, 2.45) is 0 Å². The van der Waals surface area contributed by atoms with Crippen molar-refractivity contribution in [3.05, 3.63) is 121 Å². The highest BCUT2D eigenvalue weighted by Gasteiger charge is 2.22. The highest BCUT2D eigenvalue weighted by Crippen LogP contribution is 2.35. The fraction of sp³-hybridized carbons (Fsp3) is 0. The summed E-state index contributed by atoms with van der Waals surface area (Å²) in [5.41, 5.74) is 9.83. The second kappa shape index (κ2) is 7.67. The summed E-state index contributed by atoms with van der Waals surface area (Å²) in [6, 6.07) is 39.4. The van der Waals surface area contributed by atoms with Crippen LogP contribution in [0.4, 0.5) is 0 Å². The Morgan fingerprint density at radius 1 is 0.622 bits per heavy atom. The van der Waals surface area contributed by atoms with Crippen LogP contribution in [0.3, 0.4) is 0 Å². The molecule has 0 saturated carbocycles. The number of hydrogen-bond donors (Lipinski definition) is 0. The van der Waals surface area contributed by atoms with Gasteiger partial charge in [0.25, 0.3) is 0 Å². The smallest absolute Gasteiger partial charge is 0.234 e. The van der Waals surface area contributed by atoms with E-state index in [1.165, 1.54) is 0 Å². The van der Waals surface area contributed by atoms with Gasteiger partial charge < -0.3 is 4.42 Å². The minimum Gasteiger partial charge on any atom is -0.437 e.